The van der Waals surface area contributed by atoms with E-state index < -0.39 is 0 Å². The summed E-state index contributed by atoms with van der Waals surface area (Å²) >= 11 is 0. The van der Waals surface area contributed by atoms with Crippen molar-refractivity contribution < 1.29 is 14.3 Å². The third-order valence-corrected chi connectivity index (χ3v) is 5.11. The molecule has 1 aromatic carbocycles. The van der Waals surface area contributed by atoms with Gasteiger partial charge in [-0.2, -0.15) is 0 Å². The maximum Gasteiger partial charge on any atom is 0.247 e. The largest absolute Gasteiger partial charge is 0.493 e. The molecule has 4 rings (SSSR count). The number of carbonyl (C=O) groups is 1. The Labute approximate surface area is 130 Å². The Balaban J connectivity index is 1.96. The molecule has 3 aliphatic rings. The van der Waals surface area contributed by atoms with Crippen molar-refractivity contribution in [2.45, 2.75) is 24.8 Å². The van der Waals surface area contributed by atoms with Crippen molar-refractivity contribution in [3.63, 3.8) is 0 Å². The molecule has 4 nitrogen and oxygen atoms in total. The molecule has 0 unspecified atom stereocenters. The van der Waals surface area contributed by atoms with Gasteiger partial charge in [0.05, 0.1) is 19.8 Å². The first kappa shape index (κ1) is 13.4. The number of hydrogen-bond donors (Lipinski definition) is 0. The van der Waals surface area contributed by atoms with E-state index in [-0.39, 0.29) is 11.4 Å². The SMILES string of the molecule is COc1cc2c(cc1OC)[C@]13CCC=CC1=CC(=O)N3CC2. The Bertz CT molecular complexity index is 719. The van der Waals surface area contributed by atoms with Crippen LogP contribution >= 0.6 is 0 Å². The standard InChI is InChI=1S/C18H19NO3/c1-21-15-9-12-6-8-19-17(20)10-13-5-3-4-7-18(13,19)14(12)11-16(15)22-2/h3,5,9-11H,4,6-8H2,1-2H3/t18-/m0/s1. The fraction of sp³-hybridized carbons (Fsp3) is 0.389. The topological polar surface area (TPSA) is 38.8 Å². The van der Waals surface area contributed by atoms with E-state index in [4.69, 9.17) is 9.47 Å². The summed E-state index contributed by atoms with van der Waals surface area (Å²) in [6.45, 7) is 0.759. The van der Waals surface area contributed by atoms with Crippen molar-refractivity contribution in [2.24, 2.45) is 0 Å². The van der Waals surface area contributed by atoms with E-state index in [9.17, 15) is 4.79 Å². The van der Waals surface area contributed by atoms with Gasteiger partial charge >= 0.3 is 0 Å². The van der Waals surface area contributed by atoms with Gasteiger partial charge in [0.2, 0.25) is 5.91 Å². The Morgan fingerprint density at radius 1 is 1.18 bits per heavy atom. The predicted octanol–water partition coefficient (Wildman–Crippen LogP) is 2.57. The van der Waals surface area contributed by atoms with E-state index in [1.165, 1.54) is 11.1 Å². The summed E-state index contributed by atoms with van der Waals surface area (Å²) in [7, 11) is 3.31. The van der Waals surface area contributed by atoms with Gasteiger partial charge in [-0.25, -0.2) is 0 Å². The molecular formula is C18H19NO3. The molecule has 0 aromatic heterocycles. The number of carbonyl (C=O) groups excluding carboxylic acids is 1. The second kappa shape index (κ2) is 4.63. The third-order valence-electron chi connectivity index (χ3n) is 5.11. The van der Waals surface area contributed by atoms with Crippen LogP contribution in [0.4, 0.5) is 0 Å². The van der Waals surface area contributed by atoms with Crippen molar-refractivity contribution in [3.05, 3.63) is 47.1 Å². The van der Waals surface area contributed by atoms with E-state index in [1.54, 1.807) is 20.3 Å². The minimum atomic E-state index is -0.307. The van der Waals surface area contributed by atoms with Crippen molar-refractivity contribution in [3.8, 4) is 11.5 Å². The Kier molecular flexibility index (Phi) is 2.83. The number of amides is 1. The van der Waals surface area contributed by atoms with E-state index in [1.807, 2.05) is 4.90 Å². The molecule has 0 radical (unpaired) electrons. The molecule has 1 aromatic rings. The van der Waals surface area contributed by atoms with E-state index in [0.29, 0.717) is 0 Å². The number of allylic oxidation sites excluding steroid dienone is 1. The summed E-state index contributed by atoms with van der Waals surface area (Å²) in [5.41, 5.74) is 3.25. The summed E-state index contributed by atoms with van der Waals surface area (Å²) in [5.74, 6) is 1.61. The zero-order valence-corrected chi connectivity index (χ0v) is 12.9. The molecule has 1 amide bonds. The minimum Gasteiger partial charge on any atom is -0.493 e. The van der Waals surface area contributed by atoms with Gasteiger partial charge in [0.1, 0.15) is 0 Å². The highest BCUT2D eigenvalue weighted by atomic mass is 16.5. The lowest BCUT2D eigenvalue weighted by molar-refractivity contribution is -0.129. The number of hydrogen-bond acceptors (Lipinski definition) is 3. The van der Waals surface area contributed by atoms with Crippen molar-refractivity contribution in [1.82, 2.24) is 4.90 Å². The van der Waals surface area contributed by atoms with Gasteiger partial charge in [-0.05, 0) is 48.1 Å². The first-order valence-corrected chi connectivity index (χ1v) is 7.66. The molecule has 1 atom stereocenters. The van der Waals surface area contributed by atoms with Crippen LogP contribution in [0.3, 0.4) is 0 Å². The summed E-state index contributed by atoms with van der Waals surface area (Å²) in [6.07, 6.45) is 8.82. The highest BCUT2D eigenvalue weighted by Crippen LogP contribution is 2.52. The molecule has 0 saturated heterocycles. The summed E-state index contributed by atoms with van der Waals surface area (Å²) < 4.78 is 10.9. The lowest BCUT2D eigenvalue weighted by atomic mass is 9.72. The van der Waals surface area contributed by atoms with Gasteiger partial charge in [0.15, 0.2) is 11.5 Å². The zero-order chi connectivity index (χ0) is 15.3. The van der Waals surface area contributed by atoms with Gasteiger partial charge in [-0.1, -0.05) is 12.2 Å². The van der Waals surface area contributed by atoms with Gasteiger partial charge in [0.25, 0.3) is 0 Å². The average Bonchev–Trinajstić information content (AvgIpc) is 2.86. The van der Waals surface area contributed by atoms with Crippen LogP contribution in [0.25, 0.3) is 0 Å². The molecule has 1 spiro atoms. The van der Waals surface area contributed by atoms with Crippen LogP contribution in [0.15, 0.2) is 35.9 Å². The average molecular weight is 297 g/mol. The molecule has 1 aliphatic carbocycles. The fourth-order valence-electron chi connectivity index (χ4n) is 4.12. The molecule has 0 saturated carbocycles. The van der Waals surface area contributed by atoms with Gasteiger partial charge in [-0.3, -0.25) is 4.79 Å². The van der Waals surface area contributed by atoms with Crippen molar-refractivity contribution in [1.29, 1.82) is 0 Å². The second-order valence-corrected chi connectivity index (χ2v) is 6.01. The quantitative estimate of drug-likeness (QED) is 0.842. The second-order valence-electron chi connectivity index (χ2n) is 6.01. The lowest BCUT2D eigenvalue weighted by Gasteiger charge is -2.46. The van der Waals surface area contributed by atoms with E-state index in [0.717, 1.165) is 42.9 Å². The van der Waals surface area contributed by atoms with Gasteiger partial charge < -0.3 is 14.4 Å². The number of benzene rings is 1. The molecule has 114 valence electrons. The summed E-state index contributed by atoms with van der Waals surface area (Å²) in [6, 6.07) is 4.13. The Hall–Kier alpha value is -2.23. The summed E-state index contributed by atoms with van der Waals surface area (Å²) in [4.78, 5) is 14.4. The van der Waals surface area contributed by atoms with E-state index >= 15 is 0 Å². The monoisotopic (exact) mass is 297 g/mol. The highest BCUT2D eigenvalue weighted by Gasteiger charge is 2.51. The molecule has 0 bridgehead atoms. The first-order chi connectivity index (χ1) is 10.7. The Morgan fingerprint density at radius 2 is 1.95 bits per heavy atom. The Morgan fingerprint density at radius 3 is 2.73 bits per heavy atom. The number of fused-ring (bicyclic) bond motifs is 1. The maximum absolute atomic E-state index is 12.4. The van der Waals surface area contributed by atoms with Crippen LogP contribution in [0.1, 0.15) is 24.0 Å². The van der Waals surface area contributed by atoms with Crippen LogP contribution in [0.2, 0.25) is 0 Å². The van der Waals surface area contributed by atoms with Crippen LogP contribution < -0.4 is 9.47 Å². The minimum absolute atomic E-state index is 0.127. The van der Waals surface area contributed by atoms with Crippen LogP contribution in [0.5, 0.6) is 11.5 Å². The molecule has 2 aliphatic heterocycles. The van der Waals surface area contributed by atoms with E-state index in [2.05, 4.69) is 24.3 Å². The predicted molar refractivity (Wildman–Crippen MR) is 83.1 cm³/mol. The number of nitrogens with zero attached hydrogens (tertiary/aromatic N) is 1. The molecule has 4 heteroatoms. The molecule has 2 heterocycles. The van der Waals surface area contributed by atoms with Crippen LogP contribution in [-0.2, 0) is 16.8 Å². The smallest absolute Gasteiger partial charge is 0.247 e. The fourth-order valence-corrected chi connectivity index (χ4v) is 4.12. The number of methoxy groups -OCH3 is 2. The molecule has 22 heavy (non-hydrogen) atoms. The highest BCUT2D eigenvalue weighted by molar-refractivity contribution is 5.95. The first-order valence-electron chi connectivity index (χ1n) is 7.66. The molecule has 0 fully saturated rings. The molecule has 0 N–H and O–H groups in total. The summed E-state index contributed by atoms with van der Waals surface area (Å²) in [5, 5.41) is 0. The van der Waals surface area contributed by atoms with Gasteiger partial charge in [-0.15, -0.1) is 0 Å². The number of ether oxygens (including phenoxy) is 2. The zero-order valence-electron chi connectivity index (χ0n) is 12.9. The van der Waals surface area contributed by atoms with Crippen LogP contribution in [0, 0.1) is 0 Å². The molecular weight excluding hydrogens is 278 g/mol. The van der Waals surface area contributed by atoms with Crippen molar-refractivity contribution in [2.75, 3.05) is 20.8 Å². The van der Waals surface area contributed by atoms with Crippen molar-refractivity contribution >= 4 is 5.91 Å². The lowest BCUT2D eigenvalue weighted by Crippen LogP contribution is -2.50. The van der Waals surface area contributed by atoms with Crippen LogP contribution in [-0.4, -0.2) is 31.6 Å². The third kappa shape index (κ3) is 1.55. The maximum atomic E-state index is 12.4. The van der Waals surface area contributed by atoms with Gasteiger partial charge in [0, 0.05) is 12.6 Å². The normalized spacial score (nSPS) is 25.3. The number of rotatable bonds is 2.